The summed E-state index contributed by atoms with van der Waals surface area (Å²) in [6.07, 6.45) is 0. The van der Waals surface area contributed by atoms with E-state index in [0.717, 1.165) is 0 Å². The highest BCUT2D eigenvalue weighted by atomic mass is 14.4. The predicted octanol–water partition coefficient (Wildman–Crippen LogP) is 9.30. The van der Waals surface area contributed by atoms with Crippen LogP contribution in [0.4, 0.5) is 0 Å². The van der Waals surface area contributed by atoms with Gasteiger partial charge in [-0.05, 0) is 101 Å². The summed E-state index contributed by atoms with van der Waals surface area (Å²) in [6, 6.07) is 47.0. The Kier molecular flexibility index (Phi) is 3.81. The molecule has 0 aliphatic heterocycles. The number of hydrogen-bond donors (Lipinski definition) is 0. The van der Waals surface area contributed by atoms with Gasteiger partial charge in [0.1, 0.15) is 0 Å². The Bertz CT molecular complexity index is 1820. The summed E-state index contributed by atoms with van der Waals surface area (Å²) >= 11 is 0. The van der Waals surface area contributed by atoms with Crippen LogP contribution in [-0.2, 0) is 0 Å². The molecule has 1 aliphatic carbocycles. The Balaban J connectivity index is 1.57. The zero-order chi connectivity index (χ0) is 22.9. The van der Waals surface area contributed by atoms with Crippen molar-refractivity contribution in [2.75, 3.05) is 0 Å². The summed E-state index contributed by atoms with van der Waals surface area (Å²) in [4.78, 5) is 0. The second-order valence-corrected chi connectivity index (χ2v) is 9.56. The van der Waals surface area contributed by atoms with Gasteiger partial charge in [0.2, 0.25) is 0 Å². The molecule has 7 aromatic rings. The minimum atomic E-state index is 1.28. The standard InChI is InChI=1S/C35H21/c1-3-11-24-20-32-30(18-22(24)9-1)31-19-23-10-2-4-12-25(23)21-33(31)35(32)34-28-15-7-5-13-26(28)17-27-14-6-8-16-29(27)34/h1-21H. The number of hydrogen-bond acceptors (Lipinski definition) is 0. The molecular weight excluding hydrogens is 420 g/mol. The first-order valence-corrected chi connectivity index (χ1v) is 12.2. The lowest BCUT2D eigenvalue weighted by atomic mass is 9.82. The average molecular weight is 442 g/mol. The molecule has 0 spiro atoms. The second kappa shape index (κ2) is 7.04. The zero-order valence-corrected chi connectivity index (χ0v) is 19.1. The lowest BCUT2D eigenvalue weighted by Crippen LogP contribution is -2.03. The van der Waals surface area contributed by atoms with Gasteiger partial charge in [0.25, 0.3) is 0 Å². The van der Waals surface area contributed by atoms with Crippen molar-refractivity contribution >= 4 is 43.1 Å². The Morgan fingerprint density at radius 1 is 0.286 bits per heavy atom. The number of benzene rings is 7. The van der Waals surface area contributed by atoms with Crippen molar-refractivity contribution in [1.29, 1.82) is 0 Å². The smallest absolute Gasteiger partial charge is 0.0616 e. The quantitative estimate of drug-likeness (QED) is 0.223. The van der Waals surface area contributed by atoms with Gasteiger partial charge in [-0.3, -0.25) is 0 Å². The van der Waals surface area contributed by atoms with Gasteiger partial charge in [-0.15, -0.1) is 0 Å². The molecule has 7 aromatic carbocycles. The van der Waals surface area contributed by atoms with Gasteiger partial charge in [-0.1, -0.05) is 97.1 Å². The van der Waals surface area contributed by atoms with Gasteiger partial charge in [-0.2, -0.15) is 0 Å². The molecule has 0 amide bonds. The van der Waals surface area contributed by atoms with E-state index >= 15 is 0 Å². The van der Waals surface area contributed by atoms with Gasteiger partial charge in [0.15, 0.2) is 0 Å². The molecular formula is C35H21. The largest absolute Gasteiger partial charge is 0.0654 e. The van der Waals surface area contributed by atoms with Crippen LogP contribution in [0.25, 0.3) is 54.2 Å². The third-order valence-corrected chi connectivity index (χ3v) is 7.62. The maximum atomic E-state index is 2.40. The summed E-state index contributed by atoms with van der Waals surface area (Å²) in [5, 5.41) is 10.3. The SMILES string of the molecule is c1ccc2cc3c(cc2c1)[C](c1c2ccccc2cc2ccccc12)c1cc2ccccc2cc1-3. The van der Waals surface area contributed by atoms with Gasteiger partial charge in [0.05, 0.1) is 5.92 Å². The Hall–Kier alpha value is -4.42. The molecule has 0 fully saturated rings. The molecule has 0 nitrogen and oxygen atoms in total. The summed E-state index contributed by atoms with van der Waals surface area (Å²) in [6.45, 7) is 0. The molecule has 0 heterocycles. The predicted molar refractivity (Wildman–Crippen MR) is 149 cm³/mol. The summed E-state index contributed by atoms with van der Waals surface area (Å²) in [7, 11) is 0. The molecule has 1 aliphatic rings. The highest BCUT2D eigenvalue weighted by molar-refractivity contribution is 6.09. The fraction of sp³-hybridized carbons (Fsp3) is 0. The van der Waals surface area contributed by atoms with Crippen molar-refractivity contribution in [3.63, 3.8) is 0 Å². The third-order valence-electron chi connectivity index (χ3n) is 7.62. The topological polar surface area (TPSA) is 0 Å². The summed E-state index contributed by atoms with van der Waals surface area (Å²) in [5.41, 5.74) is 6.66. The second-order valence-electron chi connectivity index (χ2n) is 9.56. The van der Waals surface area contributed by atoms with Crippen LogP contribution in [-0.4, -0.2) is 0 Å². The monoisotopic (exact) mass is 441 g/mol. The lowest BCUT2D eigenvalue weighted by Gasteiger charge is -2.20. The van der Waals surface area contributed by atoms with Crippen LogP contribution in [0.2, 0.25) is 0 Å². The summed E-state index contributed by atoms with van der Waals surface area (Å²) in [5.74, 6) is 1.35. The van der Waals surface area contributed by atoms with Gasteiger partial charge in [-0.25, -0.2) is 0 Å². The van der Waals surface area contributed by atoms with Crippen LogP contribution >= 0.6 is 0 Å². The van der Waals surface area contributed by atoms with Crippen molar-refractivity contribution in [2.24, 2.45) is 0 Å². The molecule has 35 heavy (non-hydrogen) atoms. The van der Waals surface area contributed by atoms with Crippen LogP contribution in [0.5, 0.6) is 0 Å². The van der Waals surface area contributed by atoms with Gasteiger partial charge >= 0.3 is 0 Å². The molecule has 8 rings (SSSR count). The van der Waals surface area contributed by atoms with E-state index in [1.54, 1.807) is 0 Å². The van der Waals surface area contributed by atoms with Crippen LogP contribution in [0, 0.1) is 5.92 Å². The van der Waals surface area contributed by atoms with Crippen molar-refractivity contribution in [3.05, 3.63) is 150 Å². The highest BCUT2D eigenvalue weighted by Crippen LogP contribution is 2.52. The van der Waals surface area contributed by atoms with E-state index in [-0.39, 0.29) is 0 Å². The van der Waals surface area contributed by atoms with Gasteiger partial charge < -0.3 is 0 Å². The first-order chi connectivity index (χ1) is 17.3. The Labute approximate surface area is 204 Å². The van der Waals surface area contributed by atoms with E-state index in [0.29, 0.717) is 0 Å². The van der Waals surface area contributed by atoms with E-state index in [4.69, 9.17) is 0 Å². The molecule has 0 bridgehead atoms. The number of fused-ring (bicyclic) bond motifs is 7. The van der Waals surface area contributed by atoms with E-state index < -0.39 is 0 Å². The first-order valence-electron chi connectivity index (χ1n) is 12.2. The lowest BCUT2D eigenvalue weighted by molar-refractivity contribution is 1.33. The average Bonchev–Trinajstić information content (AvgIpc) is 3.21. The van der Waals surface area contributed by atoms with Crippen molar-refractivity contribution < 1.29 is 0 Å². The Morgan fingerprint density at radius 2 is 0.629 bits per heavy atom. The molecule has 0 atom stereocenters. The van der Waals surface area contributed by atoms with Crippen molar-refractivity contribution in [3.8, 4) is 11.1 Å². The van der Waals surface area contributed by atoms with E-state index in [1.807, 2.05) is 0 Å². The molecule has 1 radical (unpaired) electrons. The maximum absolute atomic E-state index is 2.40. The molecule has 161 valence electrons. The molecule has 0 unspecified atom stereocenters. The van der Waals surface area contributed by atoms with Crippen molar-refractivity contribution in [2.45, 2.75) is 0 Å². The molecule has 0 N–H and O–H groups in total. The van der Waals surface area contributed by atoms with Gasteiger partial charge in [0, 0.05) is 0 Å². The fourth-order valence-electron chi connectivity index (χ4n) is 6.04. The normalized spacial score (nSPS) is 13.0. The molecule has 0 aromatic heterocycles. The summed E-state index contributed by atoms with van der Waals surface area (Å²) < 4.78 is 0. The van der Waals surface area contributed by atoms with Crippen LogP contribution < -0.4 is 0 Å². The minimum Gasteiger partial charge on any atom is -0.0616 e. The zero-order valence-electron chi connectivity index (χ0n) is 19.1. The maximum Gasteiger partial charge on any atom is 0.0654 e. The molecule has 0 heteroatoms. The number of rotatable bonds is 1. The van der Waals surface area contributed by atoms with Crippen LogP contribution in [0.15, 0.2) is 127 Å². The first kappa shape index (κ1) is 18.9. The van der Waals surface area contributed by atoms with Crippen molar-refractivity contribution in [1.82, 2.24) is 0 Å². The van der Waals surface area contributed by atoms with Crippen LogP contribution in [0.3, 0.4) is 0 Å². The van der Waals surface area contributed by atoms with E-state index in [9.17, 15) is 0 Å². The molecule has 0 saturated heterocycles. The fourth-order valence-corrected chi connectivity index (χ4v) is 6.04. The minimum absolute atomic E-state index is 1.28. The Morgan fingerprint density at radius 3 is 1.06 bits per heavy atom. The van der Waals surface area contributed by atoms with E-state index in [2.05, 4.69) is 127 Å². The van der Waals surface area contributed by atoms with E-state index in [1.165, 1.54) is 76.8 Å². The third kappa shape index (κ3) is 2.68. The molecule has 0 saturated carbocycles. The van der Waals surface area contributed by atoms with Crippen LogP contribution in [0.1, 0.15) is 16.7 Å². The highest BCUT2D eigenvalue weighted by Gasteiger charge is 2.33.